The van der Waals surface area contributed by atoms with Gasteiger partial charge >= 0.3 is 0 Å². The number of imidazole rings is 1. The van der Waals surface area contributed by atoms with Crippen LogP contribution in [0.4, 0.5) is 0 Å². The Morgan fingerprint density at radius 3 is 2.33 bits per heavy atom. The minimum absolute atomic E-state index is 0.205. The van der Waals surface area contributed by atoms with Gasteiger partial charge in [0.05, 0.1) is 31.3 Å². The highest BCUT2D eigenvalue weighted by Gasteiger charge is 2.14. The van der Waals surface area contributed by atoms with Crippen molar-refractivity contribution in [3.63, 3.8) is 0 Å². The molecule has 154 valence electrons. The Labute approximate surface area is 175 Å². The van der Waals surface area contributed by atoms with Crippen LogP contribution in [0.1, 0.15) is 17.7 Å². The van der Waals surface area contributed by atoms with Gasteiger partial charge in [-0.3, -0.25) is 0 Å². The molecule has 0 amide bonds. The van der Waals surface area contributed by atoms with E-state index in [0.717, 1.165) is 46.7 Å². The van der Waals surface area contributed by atoms with Gasteiger partial charge in [-0.15, -0.1) is 0 Å². The van der Waals surface area contributed by atoms with Crippen molar-refractivity contribution in [3.05, 3.63) is 65.9 Å². The van der Waals surface area contributed by atoms with Gasteiger partial charge in [-0.1, -0.05) is 24.3 Å². The minimum atomic E-state index is 0.205. The minimum Gasteiger partial charge on any atom is -0.493 e. The van der Waals surface area contributed by atoms with Gasteiger partial charge in [0.25, 0.3) is 0 Å². The third-order valence-electron chi connectivity index (χ3n) is 5.18. The van der Waals surface area contributed by atoms with Gasteiger partial charge in [-0.2, -0.15) is 5.10 Å². The zero-order chi connectivity index (χ0) is 21.1. The number of fused-ring (bicyclic) bond motifs is 1. The second-order valence-electron chi connectivity index (χ2n) is 7.13. The molecule has 0 spiro atoms. The van der Waals surface area contributed by atoms with Crippen LogP contribution in [-0.4, -0.2) is 40.5 Å². The van der Waals surface area contributed by atoms with E-state index in [2.05, 4.69) is 29.2 Å². The highest BCUT2D eigenvalue weighted by atomic mass is 16.5. The third kappa shape index (κ3) is 3.74. The molecule has 2 aromatic carbocycles. The van der Waals surface area contributed by atoms with Crippen LogP contribution >= 0.6 is 0 Å². The van der Waals surface area contributed by atoms with E-state index in [4.69, 9.17) is 19.7 Å². The van der Waals surface area contributed by atoms with E-state index in [1.165, 1.54) is 5.56 Å². The van der Waals surface area contributed by atoms with E-state index in [9.17, 15) is 0 Å². The van der Waals surface area contributed by atoms with Crippen LogP contribution in [-0.2, 0) is 6.42 Å². The Balaban J connectivity index is 1.76. The van der Waals surface area contributed by atoms with Crippen LogP contribution in [0.15, 0.2) is 54.6 Å². The summed E-state index contributed by atoms with van der Waals surface area (Å²) in [7, 11) is 3.25. The number of ether oxygens (including phenoxy) is 2. The Bertz CT molecular complexity index is 1170. The lowest BCUT2D eigenvalue weighted by Crippen LogP contribution is -1.98. The first-order valence-corrected chi connectivity index (χ1v) is 9.93. The lowest BCUT2D eigenvalue weighted by Gasteiger charge is -2.10. The van der Waals surface area contributed by atoms with Gasteiger partial charge in [0, 0.05) is 17.7 Å². The fourth-order valence-corrected chi connectivity index (χ4v) is 3.64. The molecule has 0 aliphatic rings. The summed E-state index contributed by atoms with van der Waals surface area (Å²) in [5.74, 6) is 1.35. The summed E-state index contributed by atoms with van der Waals surface area (Å²) in [6.07, 6.45) is 1.63. The molecule has 0 saturated heterocycles. The summed E-state index contributed by atoms with van der Waals surface area (Å²) < 4.78 is 12.7. The van der Waals surface area contributed by atoms with E-state index < -0.39 is 0 Å². The highest BCUT2D eigenvalue weighted by Crippen LogP contribution is 2.32. The normalized spacial score (nSPS) is 11.1. The predicted octanol–water partition coefficient (Wildman–Crippen LogP) is 4.31. The summed E-state index contributed by atoms with van der Waals surface area (Å²) in [5.41, 5.74) is 6.73. The molecule has 0 atom stereocenters. The van der Waals surface area contributed by atoms with Crippen LogP contribution < -0.4 is 9.47 Å². The van der Waals surface area contributed by atoms with Gasteiger partial charge < -0.3 is 14.6 Å². The molecule has 0 unspecified atom stereocenters. The van der Waals surface area contributed by atoms with Crippen LogP contribution in [0.5, 0.6) is 11.5 Å². The lowest BCUT2D eigenvalue weighted by molar-refractivity contribution is 0.288. The molecule has 2 heterocycles. The standard InChI is InChI=1S/C24H25N3O3/c1-16-24(18-8-6-17(7-9-18)5-4-14-28)27-23(25-16)13-11-20(26-27)19-10-12-21(29-2)22(15-19)30-3/h6-13,15,28H,4-5,14H2,1-3H3. The monoisotopic (exact) mass is 403 g/mol. The number of aromatic nitrogens is 3. The number of rotatable bonds is 7. The zero-order valence-electron chi connectivity index (χ0n) is 17.4. The maximum Gasteiger partial charge on any atom is 0.161 e. The van der Waals surface area contributed by atoms with Gasteiger partial charge in [0.15, 0.2) is 17.1 Å². The molecule has 6 heteroatoms. The number of aliphatic hydroxyl groups excluding tert-OH is 1. The van der Waals surface area contributed by atoms with Gasteiger partial charge in [0.2, 0.25) is 0 Å². The number of methoxy groups -OCH3 is 2. The van der Waals surface area contributed by atoms with Gasteiger partial charge in [-0.05, 0) is 55.7 Å². The van der Waals surface area contributed by atoms with E-state index in [1.807, 2.05) is 41.8 Å². The van der Waals surface area contributed by atoms with E-state index in [0.29, 0.717) is 11.5 Å². The summed E-state index contributed by atoms with van der Waals surface area (Å²) in [6.45, 7) is 2.21. The van der Waals surface area contributed by atoms with Gasteiger partial charge in [-0.25, -0.2) is 9.50 Å². The molecule has 30 heavy (non-hydrogen) atoms. The Kier molecular flexibility index (Phi) is 5.68. The van der Waals surface area contributed by atoms with Crippen molar-refractivity contribution >= 4 is 5.65 Å². The molecule has 0 fully saturated rings. The van der Waals surface area contributed by atoms with Crippen molar-refractivity contribution in [2.75, 3.05) is 20.8 Å². The molecule has 0 aliphatic carbocycles. The maximum absolute atomic E-state index is 9.03. The fourth-order valence-electron chi connectivity index (χ4n) is 3.64. The van der Waals surface area contributed by atoms with Crippen LogP contribution in [0.2, 0.25) is 0 Å². The predicted molar refractivity (Wildman–Crippen MR) is 117 cm³/mol. The molecular formula is C24H25N3O3. The Morgan fingerprint density at radius 2 is 1.63 bits per heavy atom. The summed E-state index contributed by atoms with van der Waals surface area (Å²) in [4.78, 5) is 4.68. The molecule has 4 aromatic rings. The second kappa shape index (κ2) is 8.55. The van der Waals surface area contributed by atoms with Crippen LogP contribution in [0.3, 0.4) is 0 Å². The molecule has 4 rings (SSSR count). The number of nitrogens with zero attached hydrogens (tertiary/aromatic N) is 3. The van der Waals surface area contributed by atoms with Crippen molar-refractivity contribution in [2.24, 2.45) is 0 Å². The molecule has 0 bridgehead atoms. The summed E-state index contributed by atoms with van der Waals surface area (Å²) >= 11 is 0. The topological polar surface area (TPSA) is 68.9 Å². The summed E-state index contributed by atoms with van der Waals surface area (Å²) in [6, 6.07) is 18.1. The molecule has 0 radical (unpaired) electrons. The number of hydrogen-bond acceptors (Lipinski definition) is 5. The molecule has 0 aliphatic heterocycles. The van der Waals surface area contributed by atoms with Crippen molar-refractivity contribution in [3.8, 4) is 34.0 Å². The van der Waals surface area contributed by atoms with Crippen molar-refractivity contribution in [1.82, 2.24) is 14.6 Å². The van der Waals surface area contributed by atoms with Crippen LogP contribution in [0.25, 0.3) is 28.2 Å². The largest absolute Gasteiger partial charge is 0.493 e. The number of benzene rings is 2. The Hall–Kier alpha value is -3.38. The first kappa shape index (κ1) is 19.9. The van der Waals surface area contributed by atoms with E-state index in [-0.39, 0.29) is 6.61 Å². The number of aryl methyl sites for hydroxylation is 2. The smallest absolute Gasteiger partial charge is 0.161 e. The van der Waals surface area contributed by atoms with Gasteiger partial charge in [0.1, 0.15) is 0 Å². The maximum atomic E-state index is 9.03. The Morgan fingerprint density at radius 1 is 0.900 bits per heavy atom. The van der Waals surface area contributed by atoms with E-state index in [1.54, 1.807) is 14.2 Å². The second-order valence-corrected chi connectivity index (χ2v) is 7.13. The van der Waals surface area contributed by atoms with Crippen molar-refractivity contribution in [2.45, 2.75) is 19.8 Å². The van der Waals surface area contributed by atoms with E-state index >= 15 is 0 Å². The SMILES string of the molecule is COc1ccc(-c2ccc3nc(C)c(-c4ccc(CCCO)cc4)n3n2)cc1OC. The number of hydrogen-bond donors (Lipinski definition) is 1. The average molecular weight is 403 g/mol. The quantitative estimate of drug-likeness (QED) is 0.498. The molecule has 6 nitrogen and oxygen atoms in total. The highest BCUT2D eigenvalue weighted by molar-refractivity contribution is 5.69. The molecule has 2 aromatic heterocycles. The summed E-state index contributed by atoms with van der Waals surface area (Å²) in [5, 5.41) is 13.9. The third-order valence-corrected chi connectivity index (χ3v) is 5.18. The molecule has 0 saturated carbocycles. The zero-order valence-corrected chi connectivity index (χ0v) is 17.4. The first-order chi connectivity index (χ1) is 14.6. The lowest BCUT2D eigenvalue weighted by atomic mass is 10.1. The molecule has 1 N–H and O–H groups in total. The first-order valence-electron chi connectivity index (χ1n) is 9.93. The molecular weight excluding hydrogens is 378 g/mol. The van der Waals surface area contributed by atoms with Crippen LogP contribution in [0, 0.1) is 6.92 Å². The van der Waals surface area contributed by atoms with Crippen molar-refractivity contribution < 1.29 is 14.6 Å². The number of aliphatic hydroxyl groups is 1. The average Bonchev–Trinajstić information content (AvgIpc) is 3.12. The van der Waals surface area contributed by atoms with Crippen molar-refractivity contribution in [1.29, 1.82) is 0 Å². The fraction of sp³-hybridized carbons (Fsp3) is 0.250.